The average molecular weight is 548 g/mol. The van der Waals surface area contributed by atoms with Gasteiger partial charge < -0.3 is 10.2 Å². The molecule has 0 bridgehead atoms. The lowest BCUT2D eigenvalue weighted by atomic mass is 10.1. The van der Waals surface area contributed by atoms with Gasteiger partial charge in [-0.1, -0.05) is 71.7 Å². The lowest BCUT2D eigenvalue weighted by molar-refractivity contribution is -0.139. The molecule has 0 aliphatic carbocycles. The molecule has 0 spiro atoms. The zero-order valence-electron chi connectivity index (χ0n) is 20.1. The van der Waals surface area contributed by atoms with Crippen LogP contribution in [0.3, 0.4) is 0 Å². The highest BCUT2D eigenvalue weighted by molar-refractivity contribution is 7.92. The summed E-state index contributed by atoms with van der Waals surface area (Å²) in [7, 11) is -2.73. The molecule has 7 nitrogen and oxygen atoms in total. The molecule has 3 rings (SSSR count). The maximum atomic E-state index is 13.7. The standard InChI is InChI=1S/C26H27Cl2N3O4S/c1-18-10-7-8-11-20(18)16-30(19(2)26(33)29-3)24(32)17-31(23-15-9-14-22(27)25(23)28)36(34,35)21-12-5-4-6-13-21/h4-15,19H,16-17H2,1-3H3,(H,29,33)/t19-/m1/s1. The first-order valence-electron chi connectivity index (χ1n) is 11.1. The van der Waals surface area contributed by atoms with Gasteiger partial charge in [0.25, 0.3) is 10.0 Å². The van der Waals surface area contributed by atoms with Crippen LogP contribution in [0, 0.1) is 6.92 Å². The van der Waals surface area contributed by atoms with E-state index in [-0.39, 0.29) is 33.1 Å². The molecule has 1 atom stereocenters. The van der Waals surface area contributed by atoms with Gasteiger partial charge in [-0.15, -0.1) is 0 Å². The van der Waals surface area contributed by atoms with Crippen molar-refractivity contribution in [1.29, 1.82) is 0 Å². The van der Waals surface area contributed by atoms with E-state index in [1.165, 1.54) is 36.2 Å². The minimum Gasteiger partial charge on any atom is -0.357 e. The second-order valence-electron chi connectivity index (χ2n) is 8.14. The monoisotopic (exact) mass is 547 g/mol. The summed E-state index contributed by atoms with van der Waals surface area (Å²) in [6, 6.07) is 18.9. The minimum absolute atomic E-state index is 0.00345. The number of hydrogen-bond donors (Lipinski definition) is 1. The highest BCUT2D eigenvalue weighted by atomic mass is 35.5. The highest BCUT2D eigenvalue weighted by Crippen LogP contribution is 2.35. The number of rotatable bonds is 9. The fraction of sp³-hybridized carbons (Fsp3) is 0.231. The average Bonchev–Trinajstić information content (AvgIpc) is 2.88. The molecule has 36 heavy (non-hydrogen) atoms. The Labute approximate surface area is 221 Å². The number of sulfonamides is 1. The van der Waals surface area contributed by atoms with Crippen molar-refractivity contribution in [2.75, 3.05) is 17.9 Å². The van der Waals surface area contributed by atoms with Crippen LogP contribution in [0.2, 0.25) is 10.0 Å². The molecule has 1 N–H and O–H groups in total. The van der Waals surface area contributed by atoms with Crippen LogP contribution in [0.5, 0.6) is 0 Å². The van der Waals surface area contributed by atoms with Crippen molar-refractivity contribution in [3.8, 4) is 0 Å². The Morgan fingerprint density at radius 3 is 2.22 bits per heavy atom. The van der Waals surface area contributed by atoms with Gasteiger partial charge in [-0.05, 0) is 49.2 Å². The van der Waals surface area contributed by atoms with Gasteiger partial charge in [0.05, 0.1) is 20.6 Å². The highest BCUT2D eigenvalue weighted by Gasteiger charge is 2.33. The number of benzene rings is 3. The number of halogens is 2. The third-order valence-corrected chi connectivity index (χ3v) is 8.41. The van der Waals surface area contributed by atoms with E-state index in [1.54, 1.807) is 31.2 Å². The van der Waals surface area contributed by atoms with Gasteiger partial charge in [0.2, 0.25) is 11.8 Å². The van der Waals surface area contributed by atoms with Gasteiger partial charge in [0.1, 0.15) is 12.6 Å². The van der Waals surface area contributed by atoms with Crippen molar-refractivity contribution >= 4 is 50.7 Å². The molecule has 0 heterocycles. The summed E-state index contributed by atoms with van der Waals surface area (Å²) in [5, 5.41) is 2.70. The number of likely N-dealkylation sites (N-methyl/N-ethyl adjacent to an activating group) is 1. The fourth-order valence-electron chi connectivity index (χ4n) is 3.68. The Morgan fingerprint density at radius 2 is 1.58 bits per heavy atom. The molecule has 0 saturated carbocycles. The summed E-state index contributed by atoms with van der Waals surface area (Å²) in [6.07, 6.45) is 0. The Bertz CT molecular complexity index is 1350. The third-order valence-electron chi connectivity index (χ3n) is 5.83. The topological polar surface area (TPSA) is 86.8 Å². The van der Waals surface area contributed by atoms with Gasteiger partial charge >= 0.3 is 0 Å². The Kier molecular flexibility index (Phi) is 9.00. The number of hydrogen-bond acceptors (Lipinski definition) is 4. The number of anilines is 1. The van der Waals surface area contributed by atoms with Crippen molar-refractivity contribution in [3.05, 3.63) is 94.0 Å². The zero-order valence-corrected chi connectivity index (χ0v) is 22.4. The molecule has 0 saturated heterocycles. The van der Waals surface area contributed by atoms with E-state index in [0.29, 0.717) is 0 Å². The normalized spacial score (nSPS) is 12.0. The molecular formula is C26H27Cl2N3O4S. The lowest BCUT2D eigenvalue weighted by Crippen LogP contribution is -2.50. The molecule has 0 radical (unpaired) electrons. The Morgan fingerprint density at radius 1 is 0.944 bits per heavy atom. The first-order valence-corrected chi connectivity index (χ1v) is 13.3. The van der Waals surface area contributed by atoms with Crippen LogP contribution in [0.4, 0.5) is 5.69 Å². The van der Waals surface area contributed by atoms with Gasteiger partial charge in [-0.25, -0.2) is 8.42 Å². The zero-order chi connectivity index (χ0) is 26.5. The van der Waals surface area contributed by atoms with Crippen molar-refractivity contribution < 1.29 is 18.0 Å². The van der Waals surface area contributed by atoms with Crippen molar-refractivity contribution in [2.45, 2.75) is 31.3 Å². The Hall–Kier alpha value is -3.07. The van der Waals surface area contributed by atoms with Crippen LogP contribution >= 0.6 is 23.2 Å². The summed E-state index contributed by atoms with van der Waals surface area (Å²) >= 11 is 12.6. The summed E-state index contributed by atoms with van der Waals surface area (Å²) in [4.78, 5) is 27.6. The molecule has 190 valence electrons. The molecule has 3 aromatic carbocycles. The largest absolute Gasteiger partial charge is 0.357 e. The van der Waals surface area contributed by atoms with Crippen molar-refractivity contribution in [2.24, 2.45) is 0 Å². The summed E-state index contributed by atoms with van der Waals surface area (Å²) in [5.41, 5.74) is 1.83. The number of amides is 2. The molecule has 2 amide bonds. The molecule has 0 aliphatic heterocycles. The number of carbonyl (C=O) groups is 2. The smallest absolute Gasteiger partial charge is 0.264 e. The second-order valence-corrected chi connectivity index (χ2v) is 10.8. The third kappa shape index (κ3) is 6.00. The van der Waals surface area contributed by atoms with Crippen LogP contribution in [0.25, 0.3) is 0 Å². The van der Waals surface area contributed by atoms with E-state index in [9.17, 15) is 18.0 Å². The molecule has 0 aliphatic rings. The quantitative estimate of drug-likeness (QED) is 0.422. The maximum Gasteiger partial charge on any atom is 0.264 e. The van der Waals surface area contributed by atoms with Crippen molar-refractivity contribution in [1.82, 2.24) is 10.2 Å². The molecule has 0 fully saturated rings. The van der Waals surface area contributed by atoms with E-state index in [4.69, 9.17) is 23.2 Å². The number of aryl methyl sites for hydroxylation is 1. The van der Waals surface area contributed by atoms with Crippen LogP contribution in [0.1, 0.15) is 18.1 Å². The number of carbonyl (C=O) groups excluding carboxylic acids is 2. The minimum atomic E-state index is -4.21. The van der Waals surface area contributed by atoms with E-state index in [2.05, 4.69) is 5.32 Å². The summed E-state index contributed by atoms with van der Waals surface area (Å²) in [6.45, 7) is 3.02. The van der Waals surface area contributed by atoms with Crippen molar-refractivity contribution in [3.63, 3.8) is 0 Å². The van der Waals surface area contributed by atoms with Gasteiger partial charge in [0, 0.05) is 13.6 Å². The van der Waals surface area contributed by atoms with Crippen LogP contribution < -0.4 is 9.62 Å². The molecular weight excluding hydrogens is 521 g/mol. The van der Waals surface area contributed by atoms with E-state index >= 15 is 0 Å². The SMILES string of the molecule is CNC(=O)[C@@H](C)N(Cc1ccccc1C)C(=O)CN(c1cccc(Cl)c1Cl)S(=O)(=O)c1ccccc1. The van der Waals surface area contributed by atoms with Gasteiger partial charge in [-0.3, -0.25) is 13.9 Å². The summed E-state index contributed by atoms with van der Waals surface area (Å²) < 4.78 is 28.3. The van der Waals surface area contributed by atoms with E-state index in [1.807, 2.05) is 31.2 Å². The van der Waals surface area contributed by atoms with Gasteiger partial charge in [0.15, 0.2) is 0 Å². The first kappa shape index (κ1) is 27.5. The Balaban J connectivity index is 2.08. The molecule has 0 aromatic heterocycles. The van der Waals surface area contributed by atoms with E-state index < -0.39 is 28.5 Å². The number of nitrogens with one attached hydrogen (secondary N) is 1. The van der Waals surface area contributed by atoms with E-state index in [0.717, 1.165) is 15.4 Å². The first-order chi connectivity index (χ1) is 17.1. The maximum absolute atomic E-state index is 13.7. The van der Waals surface area contributed by atoms with Crippen LogP contribution in [0.15, 0.2) is 77.7 Å². The predicted molar refractivity (Wildman–Crippen MR) is 143 cm³/mol. The predicted octanol–water partition coefficient (Wildman–Crippen LogP) is 4.66. The summed E-state index contributed by atoms with van der Waals surface area (Å²) in [5.74, 6) is -0.958. The lowest BCUT2D eigenvalue weighted by Gasteiger charge is -2.32. The second kappa shape index (κ2) is 11.8. The fourth-order valence-corrected chi connectivity index (χ4v) is 5.58. The van der Waals surface area contributed by atoms with Crippen LogP contribution in [-0.2, 0) is 26.2 Å². The van der Waals surface area contributed by atoms with Crippen LogP contribution in [-0.4, -0.2) is 44.8 Å². The van der Waals surface area contributed by atoms with Gasteiger partial charge in [-0.2, -0.15) is 0 Å². The molecule has 10 heteroatoms. The number of nitrogens with zero attached hydrogens (tertiary/aromatic N) is 2. The molecule has 3 aromatic rings. The molecule has 0 unspecified atom stereocenters.